The topological polar surface area (TPSA) is 74.8 Å². The number of nitrogens with one attached hydrogen (secondary N) is 2. The predicted molar refractivity (Wildman–Crippen MR) is 90.5 cm³/mol. The maximum atomic E-state index is 12.1. The lowest BCUT2D eigenvalue weighted by molar-refractivity contribution is 0.0949. The van der Waals surface area contributed by atoms with Crippen molar-refractivity contribution in [2.75, 3.05) is 0 Å². The second-order valence-electron chi connectivity index (χ2n) is 4.99. The molecule has 2 N–H and O–H groups in total. The first-order chi connectivity index (χ1) is 11.1. The number of benzene rings is 1. The maximum Gasteiger partial charge on any atom is 0.260 e. The molecular weight excluding hydrogens is 310 g/mol. The lowest BCUT2D eigenvalue weighted by atomic mass is 10.2. The third-order valence-electron chi connectivity index (χ3n) is 3.39. The van der Waals surface area contributed by atoms with Crippen LogP contribution < -0.4 is 10.9 Å². The Morgan fingerprint density at radius 2 is 2.00 bits per heavy atom. The van der Waals surface area contributed by atoms with E-state index in [2.05, 4.69) is 15.3 Å². The summed E-state index contributed by atoms with van der Waals surface area (Å²) in [5.74, 6) is -0.388. The van der Waals surface area contributed by atoms with Crippen molar-refractivity contribution >= 4 is 17.2 Å². The van der Waals surface area contributed by atoms with E-state index in [9.17, 15) is 9.59 Å². The van der Waals surface area contributed by atoms with E-state index in [-0.39, 0.29) is 11.5 Å². The molecule has 0 atom stereocenters. The minimum absolute atomic E-state index is 0.109. The summed E-state index contributed by atoms with van der Waals surface area (Å²) in [4.78, 5) is 31.7. The fourth-order valence-electron chi connectivity index (χ4n) is 2.15. The average molecular weight is 325 g/mol. The number of rotatable bonds is 4. The van der Waals surface area contributed by atoms with Gasteiger partial charge in [0.25, 0.3) is 11.5 Å². The van der Waals surface area contributed by atoms with Gasteiger partial charge in [-0.1, -0.05) is 30.3 Å². The number of H-pyrrole nitrogens is 1. The van der Waals surface area contributed by atoms with Gasteiger partial charge in [0.05, 0.1) is 12.2 Å². The molecule has 2 aromatic heterocycles. The van der Waals surface area contributed by atoms with Crippen LogP contribution in [0.2, 0.25) is 0 Å². The summed E-state index contributed by atoms with van der Waals surface area (Å²) in [6, 6.07) is 13.0. The van der Waals surface area contributed by atoms with Crippen molar-refractivity contribution in [2.45, 2.75) is 13.5 Å². The average Bonchev–Trinajstić information content (AvgIpc) is 2.95. The van der Waals surface area contributed by atoms with Crippen molar-refractivity contribution in [3.63, 3.8) is 0 Å². The van der Waals surface area contributed by atoms with Crippen LogP contribution in [0.25, 0.3) is 10.6 Å². The molecule has 2 heterocycles. The molecule has 116 valence electrons. The highest BCUT2D eigenvalue weighted by Gasteiger charge is 2.13. The van der Waals surface area contributed by atoms with E-state index in [0.29, 0.717) is 6.54 Å². The van der Waals surface area contributed by atoms with Crippen molar-refractivity contribution in [3.05, 3.63) is 75.1 Å². The fraction of sp³-hybridized carbons (Fsp3) is 0.118. The molecule has 0 aliphatic rings. The molecule has 6 heteroatoms. The Balaban J connectivity index is 1.74. The van der Waals surface area contributed by atoms with Gasteiger partial charge in [0.2, 0.25) is 0 Å². The summed E-state index contributed by atoms with van der Waals surface area (Å²) in [5, 5.41) is 3.69. The van der Waals surface area contributed by atoms with Crippen LogP contribution in [-0.2, 0) is 6.54 Å². The zero-order chi connectivity index (χ0) is 16.2. The molecule has 1 amide bonds. The van der Waals surface area contributed by atoms with Gasteiger partial charge in [-0.2, -0.15) is 0 Å². The zero-order valence-electron chi connectivity index (χ0n) is 12.5. The Morgan fingerprint density at radius 3 is 2.74 bits per heavy atom. The molecule has 0 aliphatic carbocycles. The van der Waals surface area contributed by atoms with Gasteiger partial charge >= 0.3 is 0 Å². The second kappa shape index (κ2) is 6.58. The number of aromatic nitrogens is 2. The number of pyridine rings is 1. The Hall–Kier alpha value is -2.73. The first kappa shape index (κ1) is 15.2. The molecule has 3 rings (SSSR count). The first-order valence-electron chi connectivity index (χ1n) is 7.13. The van der Waals surface area contributed by atoms with Crippen LogP contribution >= 0.6 is 11.3 Å². The van der Waals surface area contributed by atoms with Gasteiger partial charge in [-0.05, 0) is 19.1 Å². The molecule has 0 fully saturated rings. The smallest absolute Gasteiger partial charge is 0.260 e. The summed E-state index contributed by atoms with van der Waals surface area (Å²) < 4.78 is 0. The highest BCUT2D eigenvalue weighted by molar-refractivity contribution is 7.15. The number of carbonyl (C=O) groups excluding carboxylic acids is 1. The number of thiazole rings is 1. The SMILES string of the molecule is Cc1nc(-c2ccccc2)sc1CNC(=O)c1ccc[nH]c1=O. The molecule has 23 heavy (non-hydrogen) atoms. The Morgan fingerprint density at radius 1 is 1.22 bits per heavy atom. The standard InChI is InChI=1S/C17H15N3O2S/c1-11-14(23-17(20-11)12-6-3-2-4-7-12)10-19-16(22)13-8-5-9-18-15(13)21/h2-9H,10H2,1H3,(H,18,21)(H,19,22). The van der Waals surface area contributed by atoms with Crippen LogP contribution in [0, 0.1) is 6.92 Å². The summed E-state index contributed by atoms with van der Waals surface area (Å²) in [5.41, 5.74) is 1.66. The molecule has 0 unspecified atom stereocenters. The van der Waals surface area contributed by atoms with E-state index in [1.54, 1.807) is 17.4 Å². The third kappa shape index (κ3) is 3.37. The quantitative estimate of drug-likeness (QED) is 0.774. The Kier molecular flexibility index (Phi) is 4.34. The number of hydrogen-bond donors (Lipinski definition) is 2. The molecule has 0 saturated heterocycles. The number of carbonyl (C=O) groups is 1. The molecule has 3 aromatic rings. The van der Waals surface area contributed by atoms with Crippen molar-refractivity contribution in [3.8, 4) is 10.6 Å². The molecular formula is C17H15N3O2S. The van der Waals surface area contributed by atoms with E-state index in [1.165, 1.54) is 12.3 Å². The minimum Gasteiger partial charge on any atom is -0.347 e. The van der Waals surface area contributed by atoms with Crippen LogP contribution in [0.4, 0.5) is 0 Å². The molecule has 1 aromatic carbocycles. The summed E-state index contributed by atoms with van der Waals surface area (Å²) in [6.07, 6.45) is 1.50. The largest absolute Gasteiger partial charge is 0.347 e. The lowest BCUT2D eigenvalue weighted by Gasteiger charge is -2.03. The predicted octanol–water partition coefficient (Wildman–Crippen LogP) is 2.74. The van der Waals surface area contributed by atoms with Crippen molar-refractivity contribution in [1.29, 1.82) is 0 Å². The second-order valence-corrected chi connectivity index (χ2v) is 6.07. The van der Waals surface area contributed by atoms with Gasteiger partial charge in [0.15, 0.2) is 0 Å². The molecule has 0 spiro atoms. The molecule has 0 saturated carbocycles. The van der Waals surface area contributed by atoms with E-state index in [1.807, 2.05) is 37.3 Å². The first-order valence-corrected chi connectivity index (χ1v) is 7.94. The van der Waals surface area contributed by atoms with E-state index in [4.69, 9.17) is 0 Å². The van der Waals surface area contributed by atoms with Crippen molar-refractivity contribution in [1.82, 2.24) is 15.3 Å². The van der Waals surface area contributed by atoms with Gasteiger partial charge in [-0.25, -0.2) is 4.98 Å². The zero-order valence-corrected chi connectivity index (χ0v) is 13.3. The Bertz CT molecular complexity index is 884. The van der Waals surface area contributed by atoms with Crippen LogP contribution in [0.3, 0.4) is 0 Å². The number of amides is 1. The van der Waals surface area contributed by atoms with E-state index in [0.717, 1.165) is 21.1 Å². The van der Waals surface area contributed by atoms with Crippen LogP contribution in [0.1, 0.15) is 20.9 Å². The maximum absolute atomic E-state index is 12.1. The number of nitrogens with zero attached hydrogens (tertiary/aromatic N) is 1. The lowest BCUT2D eigenvalue weighted by Crippen LogP contribution is -2.28. The molecule has 5 nitrogen and oxygen atoms in total. The van der Waals surface area contributed by atoms with E-state index >= 15 is 0 Å². The van der Waals surface area contributed by atoms with E-state index < -0.39 is 5.56 Å². The van der Waals surface area contributed by atoms with Crippen molar-refractivity contribution in [2.24, 2.45) is 0 Å². The fourth-order valence-corrected chi connectivity index (χ4v) is 3.16. The van der Waals surface area contributed by atoms with Gasteiger partial charge in [0, 0.05) is 16.6 Å². The van der Waals surface area contributed by atoms with Gasteiger partial charge in [-0.15, -0.1) is 11.3 Å². The van der Waals surface area contributed by atoms with Gasteiger partial charge in [-0.3, -0.25) is 9.59 Å². The summed E-state index contributed by atoms with van der Waals surface area (Å²) >= 11 is 1.54. The number of aromatic amines is 1. The third-order valence-corrected chi connectivity index (χ3v) is 4.59. The number of hydrogen-bond acceptors (Lipinski definition) is 4. The van der Waals surface area contributed by atoms with Gasteiger partial charge < -0.3 is 10.3 Å². The normalized spacial score (nSPS) is 10.5. The Labute approximate surface area is 137 Å². The van der Waals surface area contributed by atoms with Crippen molar-refractivity contribution < 1.29 is 4.79 Å². The van der Waals surface area contributed by atoms with Crippen LogP contribution in [0.5, 0.6) is 0 Å². The highest BCUT2D eigenvalue weighted by atomic mass is 32.1. The minimum atomic E-state index is -0.393. The van der Waals surface area contributed by atoms with Gasteiger partial charge in [0.1, 0.15) is 10.6 Å². The monoisotopic (exact) mass is 325 g/mol. The summed E-state index contributed by atoms with van der Waals surface area (Å²) in [6.45, 7) is 2.27. The number of aryl methyl sites for hydroxylation is 1. The van der Waals surface area contributed by atoms with Crippen LogP contribution in [0.15, 0.2) is 53.5 Å². The molecule has 0 aliphatic heterocycles. The highest BCUT2D eigenvalue weighted by Crippen LogP contribution is 2.27. The molecule has 0 radical (unpaired) electrons. The molecule has 0 bridgehead atoms. The van der Waals surface area contributed by atoms with Crippen LogP contribution in [-0.4, -0.2) is 15.9 Å². The summed E-state index contributed by atoms with van der Waals surface area (Å²) in [7, 11) is 0.